The van der Waals surface area contributed by atoms with Crippen LogP contribution in [0.5, 0.6) is 5.75 Å². The molecule has 0 saturated carbocycles. The number of rotatable bonds is 4. The molecule has 0 saturated heterocycles. The molecule has 1 heterocycles. The molecule has 1 aromatic heterocycles. The number of fused-ring (bicyclic) bond motifs is 1. The van der Waals surface area contributed by atoms with Crippen molar-refractivity contribution in [1.29, 1.82) is 0 Å². The number of esters is 2. The molecule has 0 fully saturated rings. The van der Waals surface area contributed by atoms with Gasteiger partial charge in [0.2, 0.25) is 0 Å². The fraction of sp³-hybridized carbons (Fsp3) is 0.333. The number of ether oxygens (including phenoxy) is 2. The standard InChI is InChI=1S/C15H17NO4/c1-9(2)8-19-15(18)13-7-16-14-5-4-11(6-12(13)14)20-10(3)17/h4-7,9,16H,8H2,1-3H3. The molecule has 0 bridgehead atoms. The highest BCUT2D eigenvalue weighted by Crippen LogP contribution is 2.24. The first-order valence-electron chi connectivity index (χ1n) is 6.44. The lowest BCUT2D eigenvalue weighted by atomic mass is 10.1. The maximum Gasteiger partial charge on any atom is 0.340 e. The van der Waals surface area contributed by atoms with Crippen LogP contribution in [0.4, 0.5) is 0 Å². The topological polar surface area (TPSA) is 68.4 Å². The minimum absolute atomic E-state index is 0.278. The van der Waals surface area contributed by atoms with Gasteiger partial charge in [0, 0.05) is 24.0 Å². The quantitative estimate of drug-likeness (QED) is 0.688. The maximum absolute atomic E-state index is 12.0. The lowest BCUT2D eigenvalue weighted by molar-refractivity contribution is -0.131. The lowest BCUT2D eigenvalue weighted by Gasteiger charge is -2.06. The molecule has 0 atom stereocenters. The van der Waals surface area contributed by atoms with Gasteiger partial charge in [-0.15, -0.1) is 0 Å². The highest BCUT2D eigenvalue weighted by molar-refractivity contribution is 6.04. The lowest BCUT2D eigenvalue weighted by Crippen LogP contribution is -2.09. The summed E-state index contributed by atoms with van der Waals surface area (Å²) >= 11 is 0. The Balaban J connectivity index is 2.29. The Kier molecular flexibility index (Phi) is 4.08. The van der Waals surface area contributed by atoms with Crippen molar-refractivity contribution in [1.82, 2.24) is 4.98 Å². The number of carbonyl (C=O) groups excluding carboxylic acids is 2. The minimum atomic E-state index is -0.399. The van der Waals surface area contributed by atoms with E-state index in [1.165, 1.54) is 6.92 Å². The predicted molar refractivity (Wildman–Crippen MR) is 74.7 cm³/mol. The number of hydrogen-bond donors (Lipinski definition) is 1. The smallest absolute Gasteiger partial charge is 0.340 e. The number of aromatic amines is 1. The summed E-state index contributed by atoms with van der Waals surface area (Å²) in [7, 11) is 0. The van der Waals surface area contributed by atoms with Crippen molar-refractivity contribution in [3.63, 3.8) is 0 Å². The Morgan fingerprint density at radius 1 is 1.30 bits per heavy atom. The van der Waals surface area contributed by atoms with Crippen LogP contribution >= 0.6 is 0 Å². The molecule has 0 amide bonds. The van der Waals surface area contributed by atoms with Crippen molar-refractivity contribution < 1.29 is 19.1 Å². The zero-order valence-electron chi connectivity index (χ0n) is 11.7. The average molecular weight is 275 g/mol. The van der Waals surface area contributed by atoms with Crippen LogP contribution in [0.1, 0.15) is 31.1 Å². The molecule has 1 N–H and O–H groups in total. The van der Waals surface area contributed by atoms with Crippen LogP contribution in [-0.2, 0) is 9.53 Å². The number of nitrogens with one attached hydrogen (secondary N) is 1. The number of H-pyrrole nitrogens is 1. The molecular formula is C15H17NO4. The van der Waals surface area contributed by atoms with Crippen molar-refractivity contribution in [2.24, 2.45) is 5.92 Å². The minimum Gasteiger partial charge on any atom is -0.462 e. The highest BCUT2D eigenvalue weighted by Gasteiger charge is 2.15. The predicted octanol–water partition coefficient (Wildman–Crippen LogP) is 2.91. The zero-order chi connectivity index (χ0) is 14.7. The third-order valence-electron chi connectivity index (χ3n) is 2.68. The molecule has 0 spiro atoms. The van der Waals surface area contributed by atoms with Gasteiger partial charge in [-0.3, -0.25) is 4.79 Å². The summed E-state index contributed by atoms with van der Waals surface area (Å²) in [6.45, 7) is 5.65. The van der Waals surface area contributed by atoms with Crippen LogP contribution in [0.25, 0.3) is 10.9 Å². The van der Waals surface area contributed by atoms with Gasteiger partial charge in [-0.2, -0.15) is 0 Å². The second-order valence-corrected chi connectivity index (χ2v) is 5.00. The summed E-state index contributed by atoms with van der Waals surface area (Å²) < 4.78 is 10.2. The Labute approximate surface area is 116 Å². The van der Waals surface area contributed by atoms with Crippen LogP contribution in [0, 0.1) is 5.92 Å². The molecule has 1 aromatic carbocycles. The third-order valence-corrected chi connectivity index (χ3v) is 2.68. The van der Waals surface area contributed by atoms with E-state index in [9.17, 15) is 9.59 Å². The Hall–Kier alpha value is -2.30. The monoisotopic (exact) mass is 275 g/mol. The number of hydrogen-bond acceptors (Lipinski definition) is 4. The maximum atomic E-state index is 12.0. The molecule has 0 unspecified atom stereocenters. The van der Waals surface area contributed by atoms with Crippen LogP contribution in [0.3, 0.4) is 0 Å². The van der Waals surface area contributed by atoms with Gasteiger partial charge in [-0.25, -0.2) is 4.79 Å². The van der Waals surface area contributed by atoms with E-state index in [4.69, 9.17) is 9.47 Å². The molecular weight excluding hydrogens is 258 g/mol. The molecule has 20 heavy (non-hydrogen) atoms. The molecule has 106 valence electrons. The first-order valence-corrected chi connectivity index (χ1v) is 6.44. The molecule has 0 aliphatic heterocycles. The average Bonchev–Trinajstić information content (AvgIpc) is 2.78. The summed E-state index contributed by atoms with van der Waals surface area (Å²) in [5.41, 5.74) is 1.23. The normalized spacial score (nSPS) is 10.8. The van der Waals surface area contributed by atoms with Gasteiger partial charge in [0.25, 0.3) is 0 Å². The van der Waals surface area contributed by atoms with Crippen LogP contribution in [0.2, 0.25) is 0 Å². The largest absolute Gasteiger partial charge is 0.462 e. The van der Waals surface area contributed by atoms with E-state index >= 15 is 0 Å². The van der Waals surface area contributed by atoms with Gasteiger partial charge in [-0.1, -0.05) is 13.8 Å². The van der Waals surface area contributed by atoms with Crippen molar-refractivity contribution >= 4 is 22.8 Å². The molecule has 5 heteroatoms. The van der Waals surface area contributed by atoms with E-state index in [-0.39, 0.29) is 11.9 Å². The van der Waals surface area contributed by atoms with E-state index < -0.39 is 5.97 Å². The molecule has 0 radical (unpaired) electrons. The van der Waals surface area contributed by atoms with Gasteiger partial charge < -0.3 is 14.5 Å². The molecule has 2 aromatic rings. The Morgan fingerprint density at radius 3 is 2.70 bits per heavy atom. The highest BCUT2D eigenvalue weighted by atomic mass is 16.5. The van der Waals surface area contributed by atoms with Crippen LogP contribution in [-0.4, -0.2) is 23.5 Å². The van der Waals surface area contributed by atoms with Crippen molar-refractivity contribution in [3.8, 4) is 5.75 Å². The summed E-state index contributed by atoms with van der Waals surface area (Å²) in [5.74, 6) is -0.1000. The Bertz CT molecular complexity index is 642. The zero-order valence-corrected chi connectivity index (χ0v) is 11.7. The molecule has 2 rings (SSSR count). The first-order chi connectivity index (χ1) is 9.47. The first kappa shape index (κ1) is 14.1. The fourth-order valence-corrected chi connectivity index (χ4v) is 1.82. The summed E-state index contributed by atoms with van der Waals surface area (Å²) in [6.07, 6.45) is 1.60. The van der Waals surface area contributed by atoms with Gasteiger partial charge >= 0.3 is 11.9 Å². The van der Waals surface area contributed by atoms with Gasteiger partial charge in [0.05, 0.1) is 12.2 Å². The van der Waals surface area contributed by atoms with Crippen molar-refractivity contribution in [2.45, 2.75) is 20.8 Å². The van der Waals surface area contributed by atoms with Gasteiger partial charge in [0.15, 0.2) is 0 Å². The molecule has 0 aliphatic carbocycles. The second-order valence-electron chi connectivity index (χ2n) is 5.00. The van der Waals surface area contributed by atoms with E-state index in [1.807, 2.05) is 13.8 Å². The molecule has 5 nitrogen and oxygen atoms in total. The van der Waals surface area contributed by atoms with Crippen LogP contribution in [0.15, 0.2) is 24.4 Å². The SMILES string of the molecule is CC(=O)Oc1ccc2[nH]cc(C(=O)OCC(C)C)c2c1. The van der Waals surface area contributed by atoms with Crippen molar-refractivity contribution in [3.05, 3.63) is 30.0 Å². The van der Waals surface area contributed by atoms with Crippen molar-refractivity contribution in [2.75, 3.05) is 6.61 Å². The Morgan fingerprint density at radius 2 is 2.05 bits per heavy atom. The fourth-order valence-electron chi connectivity index (χ4n) is 1.82. The van der Waals surface area contributed by atoms with E-state index in [0.717, 1.165) is 5.52 Å². The van der Waals surface area contributed by atoms with E-state index in [1.54, 1.807) is 24.4 Å². The number of benzene rings is 1. The third kappa shape index (κ3) is 3.17. The summed E-state index contributed by atoms with van der Waals surface area (Å²) in [4.78, 5) is 26.0. The summed E-state index contributed by atoms with van der Waals surface area (Å²) in [5, 5.41) is 0.678. The second kappa shape index (κ2) is 5.77. The van der Waals surface area contributed by atoms with Crippen LogP contribution < -0.4 is 4.74 Å². The summed E-state index contributed by atoms with van der Waals surface area (Å²) in [6, 6.07) is 5.08. The van der Waals surface area contributed by atoms with Gasteiger partial charge in [-0.05, 0) is 24.1 Å². The number of carbonyl (C=O) groups is 2. The van der Waals surface area contributed by atoms with E-state index in [2.05, 4.69) is 4.98 Å². The number of aromatic nitrogens is 1. The van der Waals surface area contributed by atoms with E-state index in [0.29, 0.717) is 23.3 Å². The van der Waals surface area contributed by atoms with Gasteiger partial charge in [0.1, 0.15) is 5.75 Å². The molecule has 0 aliphatic rings.